The largest absolute Gasteiger partial charge is 0.416 e. The van der Waals surface area contributed by atoms with Crippen molar-refractivity contribution in [3.8, 4) is 0 Å². The molecule has 0 radical (unpaired) electrons. The molecule has 0 saturated carbocycles. The van der Waals surface area contributed by atoms with E-state index in [2.05, 4.69) is 36.2 Å². The fraction of sp³-hybridized carbons (Fsp3) is 0.188. The second kappa shape index (κ2) is 7.69. The van der Waals surface area contributed by atoms with E-state index in [0.717, 1.165) is 40.1 Å². The number of fused-ring (bicyclic) bond motifs is 1. The number of imidazole rings is 1. The van der Waals surface area contributed by atoms with E-state index in [1.54, 1.807) is 0 Å². The topological polar surface area (TPSA) is 70.7 Å². The Hall–Kier alpha value is -1.78. The fourth-order valence-electron chi connectivity index (χ4n) is 2.17. The van der Waals surface area contributed by atoms with Gasteiger partial charge in [0.2, 0.25) is 5.91 Å². The van der Waals surface area contributed by atoms with Crippen LogP contribution in [0.2, 0.25) is 5.02 Å². The number of aromatic nitrogens is 3. The van der Waals surface area contributed by atoms with Crippen molar-refractivity contribution in [2.45, 2.75) is 18.3 Å². The summed E-state index contributed by atoms with van der Waals surface area (Å²) in [6.07, 6.45) is -4.52. The first kappa shape index (κ1) is 20.0. The number of carbonyl (C=O) groups is 1. The summed E-state index contributed by atoms with van der Waals surface area (Å²) in [6.45, 7) is 1.83. The number of nitrogens with one attached hydrogen (secondary N) is 2. The number of aryl methyl sites for hydroxylation is 1. The van der Waals surface area contributed by atoms with Crippen LogP contribution in [-0.2, 0) is 11.0 Å². The number of amides is 1. The Labute approximate surface area is 169 Å². The summed E-state index contributed by atoms with van der Waals surface area (Å²) in [5.74, 6) is -0.570. The number of hydrogen-bond acceptors (Lipinski definition) is 4. The van der Waals surface area contributed by atoms with Crippen LogP contribution in [0.4, 0.5) is 18.9 Å². The molecule has 11 heteroatoms. The average molecular weight is 480 g/mol. The Morgan fingerprint density at radius 3 is 2.78 bits per heavy atom. The van der Waals surface area contributed by atoms with Gasteiger partial charge in [0.1, 0.15) is 0 Å². The van der Waals surface area contributed by atoms with E-state index in [1.807, 2.05) is 13.0 Å². The van der Waals surface area contributed by atoms with Gasteiger partial charge in [-0.05, 0) is 47.1 Å². The summed E-state index contributed by atoms with van der Waals surface area (Å²) in [6, 6.07) is 4.58. The summed E-state index contributed by atoms with van der Waals surface area (Å²) >= 11 is 10.3. The first-order valence-electron chi connectivity index (χ1n) is 7.46. The van der Waals surface area contributed by atoms with Crippen molar-refractivity contribution in [3.05, 3.63) is 45.0 Å². The van der Waals surface area contributed by atoms with Crippen LogP contribution in [0.15, 0.2) is 33.9 Å². The fourth-order valence-corrected chi connectivity index (χ4v) is 3.33. The minimum atomic E-state index is -4.52. The lowest BCUT2D eigenvalue weighted by Gasteiger charge is -2.11. The molecule has 0 saturated heterocycles. The number of pyridine rings is 1. The van der Waals surface area contributed by atoms with Gasteiger partial charge in [0.25, 0.3) is 0 Å². The molecule has 0 bridgehead atoms. The van der Waals surface area contributed by atoms with Crippen LogP contribution in [0.5, 0.6) is 0 Å². The van der Waals surface area contributed by atoms with Crippen LogP contribution in [0, 0.1) is 6.92 Å². The van der Waals surface area contributed by atoms with Crippen molar-refractivity contribution in [2.24, 2.45) is 0 Å². The highest BCUT2D eigenvalue weighted by atomic mass is 79.9. The number of alkyl halides is 3. The number of nitrogens with zero attached hydrogens (tertiary/aromatic N) is 2. The number of hydrogen-bond donors (Lipinski definition) is 2. The summed E-state index contributed by atoms with van der Waals surface area (Å²) in [5.41, 5.74) is 1.01. The molecule has 2 aromatic heterocycles. The van der Waals surface area contributed by atoms with Crippen molar-refractivity contribution in [2.75, 3.05) is 11.1 Å². The summed E-state index contributed by atoms with van der Waals surface area (Å²) in [7, 11) is 0. The van der Waals surface area contributed by atoms with Gasteiger partial charge in [-0.1, -0.05) is 23.4 Å². The van der Waals surface area contributed by atoms with Gasteiger partial charge < -0.3 is 10.3 Å². The Bertz CT molecular complexity index is 986. The number of anilines is 1. The highest BCUT2D eigenvalue weighted by Crippen LogP contribution is 2.34. The van der Waals surface area contributed by atoms with Gasteiger partial charge in [0, 0.05) is 4.47 Å². The minimum Gasteiger partial charge on any atom is -0.331 e. The predicted octanol–water partition coefficient (Wildman–Crippen LogP) is 5.43. The minimum absolute atomic E-state index is 0.0228. The van der Waals surface area contributed by atoms with E-state index in [0.29, 0.717) is 16.3 Å². The molecule has 0 unspecified atom stereocenters. The monoisotopic (exact) mass is 478 g/mol. The van der Waals surface area contributed by atoms with E-state index in [4.69, 9.17) is 11.6 Å². The Morgan fingerprint density at radius 1 is 1.33 bits per heavy atom. The molecular formula is C16H11BrClF3N4OS. The van der Waals surface area contributed by atoms with E-state index < -0.39 is 17.6 Å². The molecule has 0 fully saturated rings. The average Bonchev–Trinajstić information content (AvgIpc) is 2.96. The van der Waals surface area contributed by atoms with Crippen molar-refractivity contribution < 1.29 is 18.0 Å². The molecular weight excluding hydrogens is 469 g/mol. The van der Waals surface area contributed by atoms with Crippen LogP contribution in [-0.4, -0.2) is 26.6 Å². The Kier molecular flexibility index (Phi) is 5.68. The smallest absolute Gasteiger partial charge is 0.331 e. The lowest BCUT2D eigenvalue weighted by Crippen LogP contribution is -2.15. The third-order valence-corrected chi connectivity index (χ3v) is 5.49. The number of H-pyrrole nitrogens is 1. The number of carbonyl (C=O) groups excluding carboxylic acids is 1. The number of halogens is 5. The Morgan fingerprint density at radius 2 is 2.07 bits per heavy atom. The molecule has 27 heavy (non-hydrogen) atoms. The maximum Gasteiger partial charge on any atom is 0.416 e. The second-order valence-corrected chi connectivity index (χ2v) is 7.72. The van der Waals surface area contributed by atoms with Crippen molar-refractivity contribution >= 4 is 62.1 Å². The number of rotatable bonds is 4. The van der Waals surface area contributed by atoms with Crippen LogP contribution in [0.25, 0.3) is 11.2 Å². The molecule has 3 aromatic rings. The zero-order valence-corrected chi connectivity index (χ0v) is 16.8. The molecule has 1 amide bonds. The Balaban J connectivity index is 1.68. The third kappa shape index (κ3) is 4.74. The molecule has 0 atom stereocenters. The van der Waals surface area contributed by atoms with Gasteiger partial charge in [-0.15, -0.1) is 0 Å². The van der Waals surface area contributed by atoms with Gasteiger partial charge >= 0.3 is 6.18 Å². The first-order chi connectivity index (χ1) is 12.6. The normalized spacial score (nSPS) is 11.8. The maximum absolute atomic E-state index is 12.8. The summed E-state index contributed by atoms with van der Waals surface area (Å²) in [5, 5.41) is 2.88. The van der Waals surface area contributed by atoms with Gasteiger partial charge in [0.15, 0.2) is 10.8 Å². The van der Waals surface area contributed by atoms with E-state index >= 15 is 0 Å². The van der Waals surface area contributed by atoms with Crippen LogP contribution in [0.1, 0.15) is 11.3 Å². The van der Waals surface area contributed by atoms with Gasteiger partial charge in [-0.3, -0.25) is 4.79 Å². The molecule has 0 spiro atoms. The van der Waals surface area contributed by atoms with Crippen LogP contribution >= 0.6 is 39.3 Å². The molecule has 1 aromatic carbocycles. The maximum atomic E-state index is 12.8. The summed E-state index contributed by atoms with van der Waals surface area (Å²) in [4.78, 5) is 23.7. The number of benzene rings is 1. The van der Waals surface area contributed by atoms with Gasteiger partial charge in [-0.25, -0.2) is 9.97 Å². The molecule has 0 aliphatic rings. The van der Waals surface area contributed by atoms with Crippen molar-refractivity contribution in [3.63, 3.8) is 0 Å². The zero-order valence-electron chi connectivity index (χ0n) is 13.6. The molecule has 142 valence electrons. The van der Waals surface area contributed by atoms with Gasteiger partial charge in [0.05, 0.1) is 33.2 Å². The van der Waals surface area contributed by atoms with Gasteiger partial charge in [-0.2, -0.15) is 13.2 Å². The van der Waals surface area contributed by atoms with Crippen molar-refractivity contribution in [1.82, 2.24) is 15.0 Å². The molecule has 2 heterocycles. The molecule has 2 N–H and O–H groups in total. The molecule has 0 aliphatic heterocycles. The highest BCUT2D eigenvalue weighted by molar-refractivity contribution is 9.10. The standard InChI is InChI=1S/C16H11BrClF3N4OS/c1-7-9(17)5-12-14(22-7)25-15(24-12)27-6-13(26)23-11-4-8(16(19,20)21)2-3-10(11)18/h2-5H,6H2,1H3,(H,23,26)(H,22,24,25). The second-order valence-electron chi connectivity index (χ2n) is 5.50. The SMILES string of the molecule is Cc1nc2nc(SCC(=O)Nc3cc(C(F)(F)F)ccc3Cl)[nH]c2cc1Br. The highest BCUT2D eigenvalue weighted by Gasteiger charge is 2.31. The quantitative estimate of drug-likeness (QED) is 0.490. The molecule has 5 nitrogen and oxygen atoms in total. The zero-order chi connectivity index (χ0) is 19.8. The van der Waals surface area contributed by atoms with Crippen LogP contribution in [0.3, 0.4) is 0 Å². The van der Waals surface area contributed by atoms with Crippen molar-refractivity contribution in [1.29, 1.82) is 0 Å². The lowest BCUT2D eigenvalue weighted by molar-refractivity contribution is -0.137. The van der Waals surface area contributed by atoms with E-state index in [-0.39, 0.29) is 16.5 Å². The number of thioether (sulfide) groups is 1. The summed E-state index contributed by atoms with van der Waals surface area (Å²) < 4.78 is 39.2. The van der Waals surface area contributed by atoms with Crippen LogP contribution < -0.4 is 5.32 Å². The number of aromatic amines is 1. The van der Waals surface area contributed by atoms with E-state index in [1.165, 1.54) is 0 Å². The van der Waals surface area contributed by atoms with E-state index in [9.17, 15) is 18.0 Å². The molecule has 3 rings (SSSR count). The first-order valence-corrected chi connectivity index (χ1v) is 9.61. The predicted molar refractivity (Wildman–Crippen MR) is 102 cm³/mol. The third-order valence-electron chi connectivity index (χ3n) is 3.49. The lowest BCUT2D eigenvalue weighted by atomic mass is 10.2. The molecule has 0 aliphatic carbocycles.